The molecule has 2 N–H and O–H groups in total. The first-order valence-corrected chi connectivity index (χ1v) is 11.9. The van der Waals surface area contributed by atoms with Gasteiger partial charge in [0.05, 0.1) is 17.6 Å². The Morgan fingerprint density at radius 3 is 2.71 bits per heavy atom. The highest BCUT2D eigenvalue weighted by molar-refractivity contribution is 5.74. The second-order valence-corrected chi connectivity index (χ2v) is 8.93. The van der Waals surface area contributed by atoms with Crippen molar-refractivity contribution in [2.45, 2.75) is 31.7 Å². The van der Waals surface area contributed by atoms with Gasteiger partial charge in [0, 0.05) is 24.3 Å². The van der Waals surface area contributed by atoms with Crippen LogP contribution in [-0.4, -0.2) is 66.5 Å². The van der Waals surface area contributed by atoms with Gasteiger partial charge >= 0.3 is 0 Å². The summed E-state index contributed by atoms with van der Waals surface area (Å²) in [4.78, 5) is 6.81. The number of fused-ring (bicyclic) bond motifs is 1. The molecule has 3 aromatic heterocycles. The van der Waals surface area contributed by atoms with Crippen LogP contribution in [0.3, 0.4) is 0 Å². The van der Waals surface area contributed by atoms with E-state index in [4.69, 9.17) is 4.74 Å². The van der Waals surface area contributed by atoms with Gasteiger partial charge in [-0.05, 0) is 57.0 Å². The van der Waals surface area contributed by atoms with Crippen LogP contribution >= 0.6 is 0 Å². The van der Waals surface area contributed by atoms with Crippen LogP contribution in [0.5, 0.6) is 5.75 Å². The predicted molar refractivity (Wildman–Crippen MR) is 130 cm³/mol. The SMILES string of the molecule is N#Cc1cnc2c(NC3CC3)cc(Nc3ccc(OCCN4CCCC4)c(-n4cnnc4)c3)nn12. The van der Waals surface area contributed by atoms with Gasteiger partial charge in [0.2, 0.25) is 0 Å². The Hall–Kier alpha value is -4.17. The smallest absolute Gasteiger partial charge is 0.178 e. The maximum Gasteiger partial charge on any atom is 0.178 e. The van der Waals surface area contributed by atoms with Crippen LogP contribution in [0, 0.1) is 11.3 Å². The normalized spacial score (nSPS) is 15.9. The van der Waals surface area contributed by atoms with E-state index in [1.807, 2.05) is 28.8 Å². The molecule has 1 aliphatic heterocycles. The van der Waals surface area contributed by atoms with Crippen LogP contribution in [-0.2, 0) is 0 Å². The largest absolute Gasteiger partial charge is 0.490 e. The summed E-state index contributed by atoms with van der Waals surface area (Å²) in [6.07, 6.45) is 9.63. The summed E-state index contributed by atoms with van der Waals surface area (Å²) in [5.41, 5.74) is 3.54. The van der Waals surface area contributed by atoms with Gasteiger partial charge in [0.15, 0.2) is 17.2 Å². The van der Waals surface area contributed by atoms with Gasteiger partial charge in [-0.1, -0.05) is 0 Å². The van der Waals surface area contributed by atoms with E-state index in [9.17, 15) is 5.26 Å². The fraction of sp³-hybridized carbons (Fsp3) is 0.375. The van der Waals surface area contributed by atoms with Crippen LogP contribution in [0.1, 0.15) is 31.4 Å². The van der Waals surface area contributed by atoms with Gasteiger partial charge in [-0.15, -0.1) is 15.3 Å². The van der Waals surface area contributed by atoms with Crippen LogP contribution in [0.4, 0.5) is 17.2 Å². The monoisotopic (exact) mass is 470 g/mol. The zero-order chi connectivity index (χ0) is 23.6. The number of hydrogen-bond acceptors (Lipinski definition) is 9. The molecule has 11 nitrogen and oxygen atoms in total. The molecule has 1 aromatic carbocycles. The number of nitrogens with one attached hydrogen (secondary N) is 2. The first-order valence-electron chi connectivity index (χ1n) is 11.9. The van der Waals surface area contributed by atoms with Crippen molar-refractivity contribution in [3.05, 3.63) is 48.8 Å². The molecule has 11 heteroatoms. The maximum atomic E-state index is 9.48. The van der Waals surface area contributed by atoms with E-state index in [1.165, 1.54) is 12.8 Å². The number of likely N-dealkylation sites (tertiary alicyclic amines) is 1. The van der Waals surface area contributed by atoms with Crippen LogP contribution in [0.15, 0.2) is 43.1 Å². The zero-order valence-electron chi connectivity index (χ0n) is 19.3. The van der Waals surface area contributed by atoms with Crippen molar-refractivity contribution in [3.63, 3.8) is 0 Å². The lowest BCUT2D eigenvalue weighted by molar-refractivity contribution is 0.237. The molecule has 35 heavy (non-hydrogen) atoms. The average molecular weight is 471 g/mol. The van der Waals surface area contributed by atoms with E-state index in [2.05, 4.69) is 41.9 Å². The second-order valence-electron chi connectivity index (χ2n) is 8.93. The molecule has 0 unspecified atom stereocenters. The van der Waals surface area contributed by atoms with E-state index >= 15 is 0 Å². The van der Waals surface area contributed by atoms with E-state index in [1.54, 1.807) is 23.4 Å². The van der Waals surface area contributed by atoms with Crippen molar-refractivity contribution >= 4 is 22.8 Å². The highest BCUT2D eigenvalue weighted by atomic mass is 16.5. The minimum Gasteiger partial charge on any atom is -0.490 e. The molecule has 4 heterocycles. The first kappa shape index (κ1) is 21.4. The van der Waals surface area contributed by atoms with Crippen molar-refractivity contribution < 1.29 is 4.74 Å². The number of rotatable bonds is 9. The fourth-order valence-corrected chi connectivity index (χ4v) is 4.34. The van der Waals surface area contributed by atoms with Crippen LogP contribution in [0.25, 0.3) is 11.3 Å². The summed E-state index contributed by atoms with van der Waals surface area (Å²) in [7, 11) is 0. The summed E-state index contributed by atoms with van der Waals surface area (Å²) >= 11 is 0. The fourth-order valence-electron chi connectivity index (χ4n) is 4.34. The Balaban J connectivity index is 1.28. The lowest BCUT2D eigenvalue weighted by atomic mass is 10.2. The number of ether oxygens (including phenoxy) is 1. The molecule has 4 aromatic rings. The van der Waals surface area contributed by atoms with Gasteiger partial charge in [0.25, 0.3) is 0 Å². The van der Waals surface area contributed by atoms with Crippen LogP contribution in [0.2, 0.25) is 0 Å². The van der Waals surface area contributed by atoms with Crippen molar-refractivity contribution in [1.29, 1.82) is 5.26 Å². The molecule has 6 rings (SSSR count). The first-order chi connectivity index (χ1) is 17.3. The van der Waals surface area contributed by atoms with E-state index in [0.717, 1.165) is 55.3 Å². The number of imidazole rings is 1. The van der Waals surface area contributed by atoms with Gasteiger partial charge in [0.1, 0.15) is 31.1 Å². The van der Waals surface area contributed by atoms with Crippen molar-refractivity contribution in [3.8, 4) is 17.5 Å². The summed E-state index contributed by atoms with van der Waals surface area (Å²) in [5, 5.41) is 28.9. The molecular formula is C24H26N10O. The molecule has 0 radical (unpaired) electrons. The number of benzene rings is 1. The molecule has 0 bridgehead atoms. The highest BCUT2D eigenvalue weighted by Crippen LogP contribution is 2.31. The molecule has 178 valence electrons. The third-order valence-corrected chi connectivity index (χ3v) is 6.31. The van der Waals surface area contributed by atoms with E-state index < -0.39 is 0 Å². The molecular weight excluding hydrogens is 444 g/mol. The second kappa shape index (κ2) is 9.23. The molecule has 2 fully saturated rings. The summed E-state index contributed by atoms with van der Waals surface area (Å²) in [6, 6.07) is 10.4. The standard InChI is InChI=1S/C24H26N10O/c25-13-19-14-26-24-20(29-17-3-4-17)12-23(31-34(19)24)30-18-5-6-22(21(11-18)33-15-27-28-16-33)35-10-9-32-7-1-2-8-32/h5-6,11-12,14-17,29H,1-4,7-10H2,(H,30,31). The number of hydrogen-bond donors (Lipinski definition) is 2. The molecule has 0 atom stereocenters. The zero-order valence-corrected chi connectivity index (χ0v) is 19.3. The Morgan fingerprint density at radius 2 is 1.94 bits per heavy atom. The number of nitrogens with zero attached hydrogens (tertiary/aromatic N) is 8. The molecule has 2 aliphatic rings. The minimum atomic E-state index is 0.384. The van der Waals surface area contributed by atoms with Crippen molar-refractivity contribution in [2.75, 3.05) is 36.9 Å². The number of nitriles is 1. The average Bonchev–Trinajstić information content (AvgIpc) is 3.29. The lowest BCUT2D eigenvalue weighted by Crippen LogP contribution is -2.25. The Morgan fingerprint density at radius 1 is 1.11 bits per heavy atom. The topological polar surface area (TPSA) is 121 Å². The third kappa shape index (κ3) is 4.61. The number of aromatic nitrogens is 6. The molecule has 0 spiro atoms. The van der Waals surface area contributed by atoms with Gasteiger partial charge < -0.3 is 15.4 Å². The minimum absolute atomic E-state index is 0.384. The molecule has 1 aliphatic carbocycles. The van der Waals surface area contributed by atoms with Gasteiger partial charge in [-0.3, -0.25) is 9.47 Å². The van der Waals surface area contributed by atoms with Gasteiger partial charge in [-0.2, -0.15) is 9.78 Å². The van der Waals surface area contributed by atoms with E-state index in [-0.39, 0.29) is 0 Å². The Kier molecular flexibility index (Phi) is 5.64. The molecule has 1 saturated carbocycles. The number of anilines is 3. The van der Waals surface area contributed by atoms with Crippen molar-refractivity contribution in [2.24, 2.45) is 0 Å². The van der Waals surface area contributed by atoms with Gasteiger partial charge in [-0.25, -0.2) is 4.98 Å². The highest BCUT2D eigenvalue weighted by Gasteiger charge is 2.23. The molecule has 1 saturated heterocycles. The third-order valence-electron chi connectivity index (χ3n) is 6.31. The summed E-state index contributed by atoms with van der Waals surface area (Å²) in [6.45, 7) is 3.82. The lowest BCUT2D eigenvalue weighted by Gasteiger charge is -2.17. The molecule has 0 amide bonds. The van der Waals surface area contributed by atoms with Crippen LogP contribution < -0.4 is 15.4 Å². The van der Waals surface area contributed by atoms with E-state index in [0.29, 0.717) is 29.8 Å². The quantitative estimate of drug-likeness (QED) is 0.380. The Bertz CT molecular complexity index is 1360. The Labute approximate surface area is 202 Å². The predicted octanol–water partition coefficient (Wildman–Crippen LogP) is 2.97. The maximum absolute atomic E-state index is 9.48. The summed E-state index contributed by atoms with van der Waals surface area (Å²) in [5.74, 6) is 1.36. The van der Waals surface area contributed by atoms with Crippen molar-refractivity contribution in [1.82, 2.24) is 34.3 Å². The summed E-state index contributed by atoms with van der Waals surface area (Å²) < 4.78 is 9.56.